The Morgan fingerprint density at radius 1 is 1.13 bits per heavy atom. The van der Waals surface area contributed by atoms with E-state index in [9.17, 15) is 38.8 Å². The number of carbonyl (C=O) groups is 2. The summed E-state index contributed by atoms with van der Waals surface area (Å²) in [6.45, 7) is 5.66. The Morgan fingerprint density at radius 3 is 2.36 bits per heavy atom. The molecule has 0 aromatic heterocycles. The van der Waals surface area contributed by atoms with Crippen molar-refractivity contribution in [3.8, 4) is 0 Å². The number of primary amides is 1. The quantitative estimate of drug-likeness (QED) is 0.312. The lowest BCUT2D eigenvalue weighted by Crippen LogP contribution is -2.35. The first-order chi connectivity index (χ1) is 18.3. The monoisotopic (exact) mass is 554 g/mol. The predicted octanol–water partition coefficient (Wildman–Crippen LogP) is 3.33. The zero-order valence-electron chi connectivity index (χ0n) is 22.7. The van der Waals surface area contributed by atoms with Crippen LogP contribution in [0.3, 0.4) is 0 Å². The van der Waals surface area contributed by atoms with Gasteiger partial charge in [0.1, 0.15) is 6.10 Å². The molecule has 1 aromatic rings. The molecule has 218 valence electrons. The van der Waals surface area contributed by atoms with E-state index in [2.05, 4.69) is 5.32 Å². The van der Waals surface area contributed by atoms with Gasteiger partial charge in [0.05, 0.1) is 12.2 Å². The van der Waals surface area contributed by atoms with Gasteiger partial charge in [0.25, 0.3) is 5.91 Å². The molecule has 1 aliphatic rings. The van der Waals surface area contributed by atoms with Crippen molar-refractivity contribution in [2.45, 2.75) is 65.3 Å². The number of nitrogens with one attached hydrogen (secondary N) is 1. The van der Waals surface area contributed by atoms with Crippen molar-refractivity contribution < 1.29 is 43.5 Å². The number of anilines is 1. The number of fused-ring (bicyclic) bond motifs is 2. The summed E-state index contributed by atoms with van der Waals surface area (Å²) < 4.78 is 34.4. The van der Waals surface area contributed by atoms with E-state index < -0.39 is 72.2 Å². The summed E-state index contributed by atoms with van der Waals surface area (Å²) in [5.74, 6) is -5.69. The van der Waals surface area contributed by atoms with Crippen molar-refractivity contribution >= 4 is 17.7 Å². The molecule has 1 heterocycles. The standard InChI is InChI=1S/C28H40F2N2O7/c1-14-6-5-7-18(12-33)26(39-28(31)38)17(4)8-15(2)24(35)19(13-34)9-16(3)25(36)21-10-20(32-27(14)37)11-22(29)23(21)30/h6,8,10-11,15-16,18-19,24-26,33-36H,5,7,9,12-13H2,1-4H3,(H2,31,38)(H,32,37)/b14-6+,17-8+/t15-,16-,18+,19+,24+,25+,26-/m0/s1. The number of carbonyl (C=O) groups excluding carboxylic acids is 2. The fourth-order valence-electron chi connectivity index (χ4n) is 5.03. The minimum absolute atomic E-state index is 0.0516. The summed E-state index contributed by atoms with van der Waals surface area (Å²) >= 11 is 0. The summed E-state index contributed by atoms with van der Waals surface area (Å²) in [7, 11) is 0. The van der Waals surface area contributed by atoms with E-state index >= 15 is 0 Å². The molecular weight excluding hydrogens is 514 g/mol. The molecule has 0 aliphatic carbocycles. The Bertz CT molecular complexity index is 1080. The molecule has 7 N–H and O–H groups in total. The minimum atomic E-state index is -1.50. The lowest BCUT2D eigenvalue weighted by molar-refractivity contribution is -0.112. The first kappa shape index (κ1) is 32.4. The van der Waals surface area contributed by atoms with Crippen LogP contribution in [0.1, 0.15) is 58.6 Å². The van der Waals surface area contributed by atoms with Crippen LogP contribution < -0.4 is 11.1 Å². The van der Waals surface area contributed by atoms with Crippen LogP contribution in [0.25, 0.3) is 0 Å². The summed E-state index contributed by atoms with van der Waals surface area (Å²) in [5.41, 5.74) is 5.66. The van der Waals surface area contributed by atoms with Gasteiger partial charge in [-0.15, -0.1) is 0 Å². The van der Waals surface area contributed by atoms with Crippen LogP contribution in [0.5, 0.6) is 0 Å². The molecular formula is C28H40F2N2O7. The number of hydrogen-bond donors (Lipinski definition) is 6. The Labute approximate surface area is 227 Å². The maximum Gasteiger partial charge on any atom is 0.405 e. The third-order valence-electron chi connectivity index (χ3n) is 7.33. The number of ether oxygens (including phenoxy) is 1. The number of rotatable bonds is 3. The summed E-state index contributed by atoms with van der Waals surface area (Å²) in [6.07, 6.45) is -0.637. The highest BCUT2D eigenvalue weighted by Gasteiger charge is 2.32. The molecule has 2 rings (SSSR count). The molecule has 1 aromatic carbocycles. The third kappa shape index (κ3) is 8.56. The van der Waals surface area contributed by atoms with Crippen molar-refractivity contribution in [2.24, 2.45) is 29.4 Å². The maximum absolute atomic E-state index is 14.7. The van der Waals surface area contributed by atoms with Gasteiger partial charge < -0.3 is 36.2 Å². The highest BCUT2D eigenvalue weighted by Crippen LogP contribution is 2.34. The average molecular weight is 555 g/mol. The van der Waals surface area contributed by atoms with Crippen molar-refractivity contribution in [3.63, 3.8) is 0 Å². The van der Waals surface area contributed by atoms with E-state index in [1.165, 1.54) is 6.92 Å². The smallest absolute Gasteiger partial charge is 0.405 e. The number of aliphatic hydroxyl groups is 4. The second-order valence-corrected chi connectivity index (χ2v) is 10.4. The van der Waals surface area contributed by atoms with Gasteiger partial charge in [-0.2, -0.15) is 0 Å². The van der Waals surface area contributed by atoms with Crippen molar-refractivity contribution in [1.82, 2.24) is 0 Å². The predicted molar refractivity (Wildman–Crippen MR) is 141 cm³/mol. The fraction of sp³-hybridized carbons (Fsp3) is 0.571. The van der Waals surface area contributed by atoms with E-state index in [-0.39, 0.29) is 29.9 Å². The molecule has 2 amide bonds. The fourth-order valence-corrected chi connectivity index (χ4v) is 5.03. The van der Waals surface area contributed by atoms with Gasteiger partial charge in [-0.25, -0.2) is 13.6 Å². The summed E-state index contributed by atoms with van der Waals surface area (Å²) in [6, 6.07) is 1.97. The van der Waals surface area contributed by atoms with Crippen molar-refractivity contribution in [1.29, 1.82) is 0 Å². The van der Waals surface area contributed by atoms with Crippen LogP contribution in [0.4, 0.5) is 19.3 Å². The lowest BCUT2D eigenvalue weighted by Gasteiger charge is -2.31. The van der Waals surface area contributed by atoms with E-state index in [1.54, 1.807) is 32.9 Å². The number of amides is 2. The van der Waals surface area contributed by atoms with Gasteiger partial charge in [-0.3, -0.25) is 4.79 Å². The maximum atomic E-state index is 14.7. The molecule has 0 saturated heterocycles. The average Bonchev–Trinajstić information content (AvgIpc) is 2.88. The van der Waals surface area contributed by atoms with Gasteiger partial charge in [-0.1, -0.05) is 26.0 Å². The second kappa shape index (κ2) is 14.5. The van der Waals surface area contributed by atoms with E-state index in [0.717, 1.165) is 12.1 Å². The number of hydrogen-bond acceptors (Lipinski definition) is 7. The molecule has 39 heavy (non-hydrogen) atoms. The Kier molecular flexibility index (Phi) is 12.0. The van der Waals surface area contributed by atoms with Gasteiger partial charge in [0, 0.05) is 53.9 Å². The molecule has 0 unspecified atom stereocenters. The highest BCUT2D eigenvalue weighted by molar-refractivity contribution is 6.03. The molecule has 7 atom stereocenters. The highest BCUT2D eigenvalue weighted by atomic mass is 19.2. The third-order valence-corrected chi connectivity index (χ3v) is 7.33. The van der Waals surface area contributed by atoms with E-state index in [4.69, 9.17) is 10.5 Å². The van der Waals surface area contributed by atoms with E-state index in [1.807, 2.05) is 0 Å². The second-order valence-electron chi connectivity index (χ2n) is 10.4. The molecule has 0 saturated carbocycles. The number of nitrogens with two attached hydrogens (primary N) is 1. The molecule has 0 fully saturated rings. The molecule has 0 radical (unpaired) electrons. The van der Waals surface area contributed by atoms with Gasteiger partial charge in [-0.05, 0) is 50.7 Å². The van der Waals surface area contributed by atoms with Crippen LogP contribution in [0.2, 0.25) is 0 Å². The number of aliphatic hydroxyl groups excluding tert-OH is 4. The minimum Gasteiger partial charge on any atom is -0.441 e. The molecule has 9 nitrogen and oxygen atoms in total. The number of benzene rings is 1. The van der Waals surface area contributed by atoms with Gasteiger partial charge in [0.2, 0.25) is 0 Å². The normalized spacial score (nSPS) is 32.4. The zero-order valence-corrected chi connectivity index (χ0v) is 22.7. The molecule has 11 heteroatoms. The summed E-state index contributed by atoms with van der Waals surface area (Å²) in [5, 5.41) is 44.5. The SMILES string of the molecule is C/C1=C\CC[C@H](CO)[C@@H](OC(N)=O)/C(C)=C/[C@H](C)[C@@H](O)[C@@H](CO)C[C@H](C)[C@@H](O)c2cc(cc(F)c2F)NC1=O. The first-order valence-electron chi connectivity index (χ1n) is 13.0. The first-order valence-corrected chi connectivity index (χ1v) is 13.0. The summed E-state index contributed by atoms with van der Waals surface area (Å²) in [4.78, 5) is 24.3. The van der Waals surface area contributed by atoms with Crippen LogP contribution in [-0.4, -0.2) is 57.8 Å². The van der Waals surface area contributed by atoms with Crippen LogP contribution in [0, 0.1) is 35.3 Å². The van der Waals surface area contributed by atoms with Crippen molar-refractivity contribution in [2.75, 3.05) is 18.5 Å². The zero-order chi connectivity index (χ0) is 29.4. The largest absolute Gasteiger partial charge is 0.441 e. The van der Waals surface area contributed by atoms with Crippen LogP contribution in [0.15, 0.2) is 35.4 Å². The number of halogens is 2. The van der Waals surface area contributed by atoms with Crippen molar-refractivity contribution in [3.05, 3.63) is 52.6 Å². The Balaban J connectivity index is 2.56. The van der Waals surface area contributed by atoms with Gasteiger partial charge >= 0.3 is 6.09 Å². The lowest BCUT2D eigenvalue weighted by atomic mass is 9.81. The Morgan fingerprint density at radius 2 is 1.77 bits per heavy atom. The topological polar surface area (TPSA) is 162 Å². The van der Waals surface area contributed by atoms with E-state index in [0.29, 0.717) is 18.4 Å². The van der Waals surface area contributed by atoms with Gasteiger partial charge in [0.15, 0.2) is 11.6 Å². The number of allylic oxidation sites excluding steroid dienone is 1. The molecule has 0 spiro atoms. The Hall–Kier alpha value is -2.86. The van der Waals surface area contributed by atoms with Crippen LogP contribution >= 0.6 is 0 Å². The molecule has 1 aliphatic heterocycles. The van der Waals surface area contributed by atoms with Crippen LogP contribution in [-0.2, 0) is 9.53 Å². The molecule has 2 bridgehead atoms.